The topological polar surface area (TPSA) is 86.7 Å². The van der Waals surface area contributed by atoms with Gasteiger partial charge in [0.15, 0.2) is 0 Å². The normalized spacial score (nSPS) is 16.0. The van der Waals surface area contributed by atoms with Crippen molar-refractivity contribution < 1.29 is 15.3 Å². The molecule has 0 saturated carbocycles. The minimum Gasteiger partial charge on any atom is -0.395 e. The van der Waals surface area contributed by atoms with Gasteiger partial charge < -0.3 is 21.1 Å². The van der Waals surface area contributed by atoms with Crippen LogP contribution in [0.3, 0.4) is 0 Å². The van der Waals surface area contributed by atoms with Crippen molar-refractivity contribution in [3.05, 3.63) is 12.2 Å². The lowest BCUT2D eigenvalue weighted by Crippen LogP contribution is -2.45. The van der Waals surface area contributed by atoms with Crippen LogP contribution in [0.25, 0.3) is 0 Å². The molecule has 5 N–H and O–H groups in total. The highest BCUT2D eigenvalue weighted by molar-refractivity contribution is 4.88. The molecular formula is C18H37NO3. The summed E-state index contributed by atoms with van der Waals surface area (Å²) >= 11 is 0. The Morgan fingerprint density at radius 3 is 1.95 bits per heavy atom. The van der Waals surface area contributed by atoms with Gasteiger partial charge in [-0.1, -0.05) is 70.4 Å². The smallest absolute Gasteiger partial charge is 0.0974 e. The lowest BCUT2D eigenvalue weighted by molar-refractivity contribution is -0.00519. The molecule has 0 aliphatic carbocycles. The molecule has 0 aromatic heterocycles. The largest absolute Gasteiger partial charge is 0.395 e. The Morgan fingerprint density at radius 2 is 1.41 bits per heavy atom. The molecule has 3 atom stereocenters. The van der Waals surface area contributed by atoms with Crippen molar-refractivity contribution in [3.63, 3.8) is 0 Å². The molecule has 4 nitrogen and oxygen atoms in total. The van der Waals surface area contributed by atoms with E-state index in [0.717, 1.165) is 6.42 Å². The van der Waals surface area contributed by atoms with Crippen LogP contribution in [0.2, 0.25) is 0 Å². The standard InChI is InChI=1S/C18H37NO3/c1-2-3-4-5-6-7-8-9-10-11-12-13-14-17(21)18(22)16(19)15-20/h12-13,16-18,20-22H,2-11,14-15,19H2,1H3. The van der Waals surface area contributed by atoms with Crippen LogP contribution in [0.15, 0.2) is 12.2 Å². The van der Waals surface area contributed by atoms with Crippen LogP contribution in [-0.2, 0) is 0 Å². The van der Waals surface area contributed by atoms with E-state index in [1.54, 1.807) is 0 Å². The second kappa shape index (κ2) is 15.5. The average molecular weight is 315 g/mol. The summed E-state index contributed by atoms with van der Waals surface area (Å²) in [5.74, 6) is 0. The molecule has 0 radical (unpaired) electrons. The molecule has 0 aliphatic rings. The maximum absolute atomic E-state index is 9.69. The maximum Gasteiger partial charge on any atom is 0.0974 e. The molecule has 0 aromatic rings. The first-order chi connectivity index (χ1) is 10.6. The van der Waals surface area contributed by atoms with Gasteiger partial charge in [-0.15, -0.1) is 0 Å². The Labute approximate surface area is 136 Å². The Balaban J connectivity index is 3.40. The van der Waals surface area contributed by atoms with Crippen LogP contribution >= 0.6 is 0 Å². The van der Waals surface area contributed by atoms with Crippen molar-refractivity contribution in [3.8, 4) is 0 Å². The molecule has 0 amide bonds. The van der Waals surface area contributed by atoms with Gasteiger partial charge in [0.25, 0.3) is 0 Å². The van der Waals surface area contributed by atoms with Crippen LogP contribution in [0, 0.1) is 0 Å². The molecule has 132 valence electrons. The molecule has 22 heavy (non-hydrogen) atoms. The predicted octanol–water partition coefficient (Wildman–Crippen LogP) is 2.90. The summed E-state index contributed by atoms with van der Waals surface area (Å²) in [6.07, 6.45) is 15.3. The third-order valence-corrected chi connectivity index (χ3v) is 4.06. The van der Waals surface area contributed by atoms with Gasteiger partial charge in [0.05, 0.1) is 24.9 Å². The summed E-state index contributed by atoms with van der Waals surface area (Å²) in [5.41, 5.74) is 5.47. The highest BCUT2D eigenvalue weighted by Crippen LogP contribution is 2.11. The quantitative estimate of drug-likeness (QED) is 0.276. The number of hydrogen-bond acceptors (Lipinski definition) is 4. The molecule has 0 fully saturated rings. The highest BCUT2D eigenvalue weighted by atomic mass is 16.3. The minimum absolute atomic E-state index is 0.319. The predicted molar refractivity (Wildman–Crippen MR) is 92.7 cm³/mol. The van der Waals surface area contributed by atoms with E-state index in [-0.39, 0.29) is 6.61 Å². The molecule has 0 aromatic carbocycles. The summed E-state index contributed by atoms with van der Waals surface area (Å²) in [4.78, 5) is 0. The van der Waals surface area contributed by atoms with Crippen LogP contribution in [0.4, 0.5) is 0 Å². The second-order valence-electron chi connectivity index (χ2n) is 6.23. The number of allylic oxidation sites excluding steroid dienone is 1. The van der Waals surface area contributed by atoms with E-state index in [1.807, 2.05) is 6.08 Å². The second-order valence-corrected chi connectivity index (χ2v) is 6.23. The maximum atomic E-state index is 9.69. The van der Waals surface area contributed by atoms with Crippen LogP contribution < -0.4 is 5.73 Å². The van der Waals surface area contributed by atoms with E-state index >= 15 is 0 Å². The average Bonchev–Trinajstić information content (AvgIpc) is 2.54. The summed E-state index contributed by atoms with van der Waals surface area (Å²) in [7, 11) is 0. The fourth-order valence-electron chi connectivity index (χ4n) is 2.46. The highest BCUT2D eigenvalue weighted by Gasteiger charge is 2.21. The van der Waals surface area contributed by atoms with Crippen molar-refractivity contribution in [1.82, 2.24) is 0 Å². The SMILES string of the molecule is CCCCCCCCCCCC=CCC(O)C(O)C(N)CO. The molecule has 3 unspecified atom stereocenters. The van der Waals surface area contributed by atoms with Crippen molar-refractivity contribution in [2.45, 2.75) is 95.8 Å². The first kappa shape index (κ1) is 21.6. The number of hydrogen-bond donors (Lipinski definition) is 4. The molecule has 0 saturated heterocycles. The third-order valence-electron chi connectivity index (χ3n) is 4.06. The molecule has 0 aliphatic heterocycles. The lowest BCUT2D eigenvalue weighted by Gasteiger charge is -2.21. The number of aliphatic hydroxyl groups is 3. The van der Waals surface area contributed by atoms with Crippen molar-refractivity contribution in [2.75, 3.05) is 6.61 Å². The van der Waals surface area contributed by atoms with E-state index in [1.165, 1.54) is 57.8 Å². The molecule has 0 rings (SSSR count). The summed E-state index contributed by atoms with van der Waals surface area (Å²) in [6.45, 7) is 1.93. The number of unbranched alkanes of at least 4 members (excludes halogenated alkanes) is 9. The lowest BCUT2D eigenvalue weighted by atomic mass is 10.0. The third kappa shape index (κ3) is 12.2. The van der Waals surface area contributed by atoms with Gasteiger partial charge >= 0.3 is 0 Å². The fourth-order valence-corrected chi connectivity index (χ4v) is 2.46. The molecule has 4 heteroatoms. The minimum atomic E-state index is -1.07. The Bertz CT molecular complexity index is 259. The zero-order valence-corrected chi connectivity index (χ0v) is 14.3. The molecule has 0 spiro atoms. The molecular weight excluding hydrogens is 278 g/mol. The van der Waals surface area contributed by atoms with Gasteiger partial charge in [-0.25, -0.2) is 0 Å². The van der Waals surface area contributed by atoms with Gasteiger partial charge in [0.1, 0.15) is 0 Å². The number of rotatable bonds is 15. The van der Waals surface area contributed by atoms with Crippen LogP contribution in [-0.4, -0.2) is 40.2 Å². The first-order valence-corrected chi connectivity index (χ1v) is 9.01. The fraction of sp³-hybridized carbons (Fsp3) is 0.889. The number of nitrogens with two attached hydrogens (primary N) is 1. The zero-order chi connectivity index (χ0) is 16.6. The van der Waals surface area contributed by atoms with Crippen molar-refractivity contribution in [2.24, 2.45) is 5.73 Å². The Hall–Kier alpha value is -0.420. The zero-order valence-electron chi connectivity index (χ0n) is 14.3. The van der Waals surface area contributed by atoms with E-state index in [2.05, 4.69) is 13.0 Å². The van der Waals surface area contributed by atoms with Crippen LogP contribution in [0.1, 0.15) is 77.6 Å². The van der Waals surface area contributed by atoms with Gasteiger partial charge in [0, 0.05) is 0 Å². The molecule has 0 heterocycles. The van der Waals surface area contributed by atoms with Crippen molar-refractivity contribution >= 4 is 0 Å². The van der Waals surface area contributed by atoms with Crippen molar-refractivity contribution in [1.29, 1.82) is 0 Å². The summed E-state index contributed by atoms with van der Waals surface area (Å²) < 4.78 is 0. The van der Waals surface area contributed by atoms with E-state index in [9.17, 15) is 10.2 Å². The molecule has 0 bridgehead atoms. The monoisotopic (exact) mass is 315 g/mol. The first-order valence-electron chi connectivity index (χ1n) is 9.01. The number of aliphatic hydroxyl groups excluding tert-OH is 3. The van der Waals surface area contributed by atoms with E-state index in [0.29, 0.717) is 6.42 Å². The Morgan fingerprint density at radius 1 is 0.864 bits per heavy atom. The van der Waals surface area contributed by atoms with Gasteiger partial charge in [-0.3, -0.25) is 0 Å². The summed E-state index contributed by atoms with van der Waals surface area (Å²) in [6, 6.07) is -0.777. The van der Waals surface area contributed by atoms with Gasteiger partial charge in [0.2, 0.25) is 0 Å². The van der Waals surface area contributed by atoms with E-state index < -0.39 is 18.2 Å². The van der Waals surface area contributed by atoms with Gasteiger partial charge in [-0.2, -0.15) is 0 Å². The van der Waals surface area contributed by atoms with Gasteiger partial charge in [-0.05, 0) is 19.3 Å². The Kier molecular flexibility index (Phi) is 15.2. The summed E-state index contributed by atoms with van der Waals surface area (Å²) in [5, 5.41) is 28.1. The van der Waals surface area contributed by atoms with Crippen LogP contribution in [0.5, 0.6) is 0 Å². The van der Waals surface area contributed by atoms with E-state index in [4.69, 9.17) is 10.8 Å².